The number of hydrogen-bond donors (Lipinski definition) is 2. The van der Waals surface area contributed by atoms with E-state index in [1.54, 1.807) is 18.4 Å². The van der Waals surface area contributed by atoms with Gasteiger partial charge in [0.2, 0.25) is 0 Å². The maximum atomic E-state index is 4.65. The van der Waals surface area contributed by atoms with Crippen LogP contribution in [-0.2, 0) is 13.1 Å². The quantitative estimate of drug-likeness (QED) is 0.376. The van der Waals surface area contributed by atoms with Gasteiger partial charge in [-0.25, -0.2) is 4.98 Å². The first kappa shape index (κ1) is 18.5. The Morgan fingerprint density at radius 2 is 2.08 bits per heavy atom. The summed E-state index contributed by atoms with van der Waals surface area (Å²) in [5, 5.41) is 11.3. The molecule has 0 bridgehead atoms. The largest absolute Gasteiger partial charge is 0.356 e. The van der Waals surface area contributed by atoms with Crippen LogP contribution in [0.5, 0.6) is 0 Å². The fourth-order valence-corrected chi connectivity index (χ4v) is 3.69. The maximum absolute atomic E-state index is 4.65. The molecule has 1 aromatic carbocycles. The molecule has 26 heavy (non-hydrogen) atoms. The highest BCUT2D eigenvalue weighted by atomic mass is 32.1. The number of thiazole rings is 1. The SMILES string of the molecule is CN=C(NCCCn1ccc2ccccc21)NCc1csc(C(C)C)n1. The average molecular weight is 370 g/mol. The third-order valence-corrected chi connectivity index (χ3v) is 5.47. The second-order valence-electron chi connectivity index (χ2n) is 6.61. The van der Waals surface area contributed by atoms with Crippen LogP contribution < -0.4 is 10.6 Å². The molecule has 5 nitrogen and oxygen atoms in total. The molecule has 3 aromatic rings. The summed E-state index contributed by atoms with van der Waals surface area (Å²) < 4.78 is 2.30. The van der Waals surface area contributed by atoms with Crippen LogP contribution in [0.1, 0.15) is 36.9 Å². The Morgan fingerprint density at radius 1 is 1.23 bits per heavy atom. The van der Waals surface area contributed by atoms with E-state index in [0.29, 0.717) is 12.5 Å². The van der Waals surface area contributed by atoms with E-state index >= 15 is 0 Å². The number of nitrogens with zero attached hydrogens (tertiary/aromatic N) is 3. The van der Waals surface area contributed by atoms with Gasteiger partial charge >= 0.3 is 0 Å². The third kappa shape index (κ3) is 4.64. The molecule has 0 unspecified atom stereocenters. The highest BCUT2D eigenvalue weighted by molar-refractivity contribution is 7.09. The minimum Gasteiger partial charge on any atom is -0.356 e. The average Bonchev–Trinajstić information content (AvgIpc) is 3.28. The fraction of sp³-hybridized carbons (Fsp3) is 0.400. The maximum Gasteiger partial charge on any atom is 0.191 e. The van der Waals surface area contributed by atoms with Crippen molar-refractivity contribution in [2.45, 2.75) is 39.3 Å². The molecule has 2 N–H and O–H groups in total. The highest BCUT2D eigenvalue weighted by Gasteiger charge is 2.06. The lowest BCUT2D eigenvalue weighted by Crippen LogP contribution is -2.37. The van der Waals surface area contributed by atoms with Gasteiger partial charge in [-0.3, -0.25) is 4.99 Å². The van der Waals surface area contributed by atoms with Crippen molar-refractivity contribution in [2.75, 3.05) is 13.6 Å². The molecule has 3 rings (SSSR count). The van der Waals surface area contributed by atoms with E-state index in [9.17, 15) is 0 Å². The zero-order valence-electron chi connectivity index (χ0n) is 15.7. The molecule has 0 spiro atoms. The number of fused-ring (bicyclic) bond motifs is 1. The molecular weight excluding hydrogens is 342 g/mol. The van der Waals surface area contributed by atoms with Crippen molar-refractivity contribution in [2.24, 2.45) is 4.99 Å². The zero-order chi connectivity index (χ0) is 18.4. The van der Waals surface area contributed by atoms with E-state index < -0.39 is 0 Å². The lowest BCUT2D eigenvalue weighted by atomic mass is 10.2. The van der Waals surface area contributed by atoms with E-state index in [-0.39, 0.29) is 0 Å². The van der Waals surface area contributed by atoms with Crippen molar-refractivity contribution >= 4 is 28.2 Å². The summed E-state index contributed by atoms with van der Waals surface area (Å²) >= 11 is 1.72. The summed E-state index contributed by atoms with van der Waals surface area (Å²) in [6.45, 7) is 6.90. The van der Waals surface area contributed by atoms with Gasteiger partial charge < -0.3 is 15.2 Å². The molecule has 6 heteroatoms. The number of aromatic nitrogens is 2. The molecule has 0 fully saturated rings. The predicted octanol–water partition coefficient (Wildman–Crippen LogP) is 3.98. The van der Waals surface area contributed by atoms with Crippen LogP contribution >= 0.6 is 11.3 Å². The van der Waals surface area contributed by atoms with Crippen molar-refractivity contribution in [3.8, 4) is 0 Å². The summed E-state index contributed by atoms with van der Waals surface area (Å²) in [6, 6.07) is 10.7. The van der Waals surface area contributed by atoms with Crippen molar-refractivity contribution in [3.63, 3.8) is 0 Å². The summed E-state index contributed by atoms with van der Waals surface area (Å²) in [5.41, 5.74) is 2.36. The van der Waals surface area contributed by atoms with Crippen LogP contribution in [0.2, 0.25) is 0 Å². The number of para-hydroxylation sites is 1. The Labute approximate surface area is 159 Å². The monoisotopic (exact) mass is 369 g/mol. The number of aliphatic imine (C=N–C) groups is 1. The summed E-state index contributed by atoms with van der Waals surface area (Å²) in [6.07, 6.45) is 3.19. The second kappa shape index (κ2) is 8.85. The van der Waals surface area contributed by atoms with Gasteiger partial charge in [-0.1, -0.05) is 32.0 Å². The van der Waals surface area contributed by atoms with Crippen LogP contribution in [0.15, 0.2) is 46.9 Å². The molecule has 0 aliphatic heterocycles. The normalized spacial score (nSPS) is 12.1. The number of rotatable bonds is 7. The summed E-state index contributed by atoms with van der Waals surface area (Å²) in [7, 11) is 1.80. The summed E-state index contributed by atoms with van der Waals surface area (Å²) in [4.78, 5) is 8.94. The van der Waals surface area contributed by atoms with E-state index in [2.05, 4.69) is 80.9 Å². The molecule has 0 saturated heterocycles. The van der Waals surface area contributed by atoms with Crippen molar-refractivity contribution in [1.29, 1.82) is 0 Å². The van der Waals surface area contributed by atoms with Crippen LogP contribution in [0.4, 0.5) is 0 Å². The molecule has 2 aromatic heterocycles. The van der Waals surface area contributed by atoms with Gasteiger partial charge in [0.25, 0.3) is 0 Å². The standard InChI is InChI=1S/C20H27N5S/c1-15(2)19-24-17(14-26-19)13-23-20(21-3)22-10-6-11-25-12-9-16-7-4-5-8-18(16)25/h4-5,7-9,12,14-15H,6,10-11,13H2,1-3H3,(H2,21,22,23). The molecule has 0 amide bonds. The van der Waals surface area contributed by atoms with Gasteiger partial charge in [-0.15, -0.1) is 11.3 Å². The first-order valence-electron chi connectivity index (χ1n) is 9.10. The van der Waals surface area contributed by atoms with E-state index in [0.717, 1.165) is 31.2 Å². The van der Waals surface area contributed by atoms with Crippen LogP contribution in [0, 0.1) is 0 Å². The summed E-state index contributed by atoms with van der Waals surface area (Å²) in [5.74, 6) is 1.30. The van der Waals surface area contributed by atoms with Crippen molar-refractivity contribution < 1.29 is 0 Å². The number of hydrogen-bond acceptors (Lipinski definition) is 3. The lowest BCUT2D eigenvalue weighted by Gasteiger charge is -2.11. The number of benzene rings is 1. The van der Waals surface area contributed by atoms with Gasteiger partial charge in [0.15, 0.2) is 5.96 Å². The molecule has 138 valence electrons. The highest BCUT2D eigenvalue weighted by Crippen LogP contribution is 2.19. The van der Waals surface area contributed by atoms with Crippen LogP contribution in [0.3, 0.4) is 0 Å². The van der Waals surface area contributed by atoms with Crippen LogP contribution in [0.25, 0.3) is 10.9 Å². The van der Waals surface area contributed by atoms with Gasteiger partial charge in [0.05, 0.1) is 17.2 Å². The van der Waals surface area contributed by atoms with E-state index in [1.165, 1.54) is 15.9 Å². The first-order chi connectivity index (χ1) is 12.7. The molecule has 0 aliphatic carbocycles. The zero-order valence-corrected chi connectivity index (χ0v) is 16.5. The fourth-order valence-electron chi connectivity index (χ4n) is 2.86. The minimum absolute atomic E-state index is 0.482. The third-order valence-electron chi connectivity index (χ3n) is 4.27. The number of aryl methyl sites for hydroxylation is 1. The smallest absolute Gasteiger partial charge is 0.191 e. The van der Waals surface area contributed by atoms with E-state index in [1.807, 2.05) is 0 Å². The minimum atomic E-state index is 0.482. The molecular formula is C20H27N5S. The van der Waals surface area contributed by atoms with Crippen LogP contribution in [-0.4, -0.2) is 29.1 Å². The predicted molar refractivity (Wildman–Crippen MR) is 111 cm³/mol. The molecule has 0 radical (unpaired) electrons. The number of guanidine groups is 1. The Morgan fingerprint density at radius 3 is 2.85 bits per heavy atom. The Hall–Kier alpha value is -2.34. The molecule has 0 atom stereocenters. The van der Waals surface area contributed by atoms with Gasteiger partial charge in [-0.2, -0.15) is 0 Å². The lowest BCUT2D eigenvalue weighted by molar-refractivity contribution is 0.640. The van der Waals surface area contributed by atoms with Gasteiger partial charge in [0.1, 0.15) is 0 Å². The topological polar surface area (TPSA) is 54.2 Å². The Bertz CT molecular complexity index is 862. The van der Waals surface area contributed by atoms with Crippen molar-refractivity contribution in [3.05, 3.63) is 52.6 Å². The molecule has 0 saturated carbocycles. The van der Waals surface area contributed by atoms with Crippen molar-refractivity contribution in [1.82, 2.24) is 20.2 Å². The Balaban J connectivity index is 1.42. The van der Waals surface area contributed by atoms with Gasteiger partial charge in [-0.05, 0) is 23.9 Å². The van der Waals surface area contributed by atoms with E-state index in [4.69, 9.17) is 0 Å². The van der Waals surface area contributed by atoms with Gasteiger partial charge in [0, 0.05) is 43.1 Å². The number of nitrogens with one attached hydrogen (secondary N) is 2. The second-order valence-corrected chi connectivity index (χ2v) is 7.50. The first-order valence-corrected chi connectivity index (χ1v) is 9.98. The Kier molecular flexibility index (Phi) is 6.28. The molecule has 0 aliphatic rings. The molecule has 2 heterocycles.